The Morgan fingerprint density at radius 1 is 0.260 bits per heavy atom. The molecule has 0 N–H and O–H groups in total. The minimum atomic E-state index is -0.766. The normalized spacial score (nSPS) is 12.1. The van der Waals surface area contributed by atoms with Crippen LogP contribution < -0.4 is 0 Å². The fourth-order valence-corrected chi connectivity index (χ4v) is 10.7. The fourth-order valence-electron chi connectivity index (χ4n) is 10.7. The van der Waals surface area contributed by atoms with Gasteiger partial charge < -0.3 is 14.2 Å². The van der Waals surface area contributed by atoms with E-state index >= 15 is 0 Å². The van der Waals surface area contributed by atoms with Crippen LogP contribution in [-0.2, 0) is 28.6 Å². The molecule has 0 bridgehead atoms. The molecule has 0 fully saturated rings. The first-order chi connectivity index (χ1) is 38.0. The first-order valence-electron chi connectivity index (χ1n) is 34.8. The van der Waals surface area contributed by atoms with Crippen molar-refractivity contribution in [1.29, 1.82) is 0 Å². The summed E-state index contributed by atoms with van der Waals surface area (Å²) >= 11 is 0. The van der Waals surface area contributed by atoms with Crippen LogP contribution in [0.25, 0.3) is 0 Å². The van der Waals surface area contributed by atoms with Crippen LogP contribution in [-0.4, -0.2) is 37.2 Å². The van der Waals surface area contributed by atoms with Crippen molar-refractivity contribution < 1.29 is 28.6 Å². The van der Waals surface area contributed by atoms with Crippen molar-refractivity contribution >= 4 is 17.9 Å². The van der Waals surface area contributed by atoms with Crippen molar-refractivity contribution in [3.05, 3.63) is 24.3 Å². The van der Waals surface area contributed by atoms with Crippen LogP contribution in [0.1, 0.15) is 393 Å². The van der Waals surface area contributed by atoms with Gasteiger partial charge in [-0.15, -0.1) is 0 Å². The Hall–Kier alpha value is -2.11. The molecule has 0 aromatic heterocycles. The lowest BCUT2D eigenvalue weighted by Crippen LogP contribution is -2.30. The molecule has 0 radical (unpaired) electrons. The third-order valence-corrected chi connectivity index (χ3v) is 16.0. The van der Waals surface area contributed by atoms with Gasteiger partial charge in [0.1, 0.15) is 13.2 Å². The maximum absolute atomic E-state index is 12.9. The number of hydrogen-bond acceptors (Lipinski definition) is 6. The molecule has 0 spiro atoms. The van der Waals surface area contributed by atoms with Crippen LogP contribution in [0.4, 0.5) is 0 Å². The van der Waals surface area contributed by atoms with Crippen molar-refractivity contribution in [2.45, 2.75) is 399 Å². The summed E-state index contributed by atoms with van der Waals surface area (Å²) in [5.41, 5.74) is 0. The third kappa shape index (κ3) is 64.6. The Bertz CT molecular complexity index is 1240. The van der Waals surface area contributed by atoms with E-state index in [0.717, 1.165) is 64.2 Å². The number of rotatable bonds is 65. The van der Waals surface area contributed by atoms with Crippen LogP contribution in [0.2, 0.25) is 0 Å². The Balaban J connectivity index is 4.18. The first-order valence-corrected chi connectivity index (χ1v) is 34.8. The van der Waals surface area contributed by atoms with E-state index < -0.39 is 6.10 Å². The minimum Gasteiger partial charge on any atom is -0.462 e. The second-order valence-electron chi connectivity index (χ2n) is 23.8. The Morgan fingerprint density at radius 3 is 0.714 bits per heavy atom. The van der Waals surface area contributed by atoms with Crippen molar-refractivity contribution in [1.82, 2.24) is 0 Å². The lowest BCUT2D eigenvalue weighted by Gasteiger charge is -2.18. The zero-order valence-corrected chi connectivity index (χ0v) is 52.3. The topological polar surface area (TPSA) is 78.9 Å². The summed E-state index contributed by atoms with van der Waals surface area (Å²) in [5, 5.41) is 0. The molecule has 0 aromatic carbocycles. The van der Waals surface area contributed by atoms with E-state index in [1.54, 1.807) is 0 Å². The monoisotopic (exact) mass is 1080 g/mol. The van der Waals surface area contributed by atoms with Gasteiger partial charge in [0.05, 0.1) is 0 Å². The quantitative estimate of drug-likeness (QED) is 0.0261. The average molecular weight is 1080 g/mol. The van der Waals surface area contributed by atoms with Gasteiger partial charge in [0, 0.05) is 19.3 Å². The van der Waals surface area contributed by atoms with E-state index in [-0.39, 0.29) is 31.1 Å². The number of carbonyl (C=O) groups excluding carboxylic acids is 3. The van der Waals surface area contributed by atoms with Gasteiger partial charge >= 0.3 is 17.9 Å². The van der Waals surface area contributed by atoms with E-state index in [1.165, 1.54) is 289 Å². The maximum atomic E-state index is 12.9. The van der Waals surface area contributed by atoms with Crippen LogP contribution in [0.3, 0.4) is 0 Å². The summed E-state index contributed by atoms with van der Waals surface area (Å²) in [6.45, 7) is 6.71. The molecule has 1 unspecified atom stereocenters. The minimum absolute atomic E-state index is 0.0638. The number of ether oxygens (including phenoxy) is 3. The number of unbranched alkanes of at least 4 members (excludes halogenated alkanes) is 50. The van der Waals surface area contributed by atoms with Gasteiger partial charge in [0.25, 0.3) is 0 Å². The van der Waals surface area contributed by atoms with Crippen LogP contribution >= 0.6 is 0 Å². The summed E-state index contributed by atoms with van der Waals surface area (Å²) in [5.74, 6) is -0.832. The van der Waals surface area contributed by atoms with E-state index in [2.05, 4.69) is 45.1 Å². The molecule has 0 aliphatic heterocycles. The van der Waals surface area contributed by atoms with E-state index in [1.807, 2.05) is 0 Å². The van der Waals surface area contributed by atoms with E-state index in [0.29, 0.717) is 19.3 Å². The summed E-state index contributed by atoms with van der Waals surface area (Å²) in [4.78, 5) is 38.4. The molecule has 0 rings (SSSR count). The molecule has 0 heterocycles. The standard InChI is InChI=1S/C71H134O6/c1-4-7-10-13-16-19-22-25-27-29-31-33-34-35-36-37-38-39-41-42-44-46-49-52-55-58-61-64-70(73)76-67-68(66-75-69(72)63-60-57-54-51-48-24-21-18-15-12-9-6-3)77-71(74)65-62-59-56-53-50-47-45-43-40-32-30-28-26-23-20-17-14-11-8-5-2/h22,25,29,31,68H,4-21,23-24,26-28,30,32-67H2,1-3H3/b25-22-,31-29-. The highest BCUT2D eigenvalue weighted by atomic mass is 16.6. The molecule has 0 saturated heterocycles. The van der Waals surface area contributed by atoms with Gasteiger partial charge in [-0.3, -0.25) is 14.4 Å². The lowest BCUT2D eigenvalue weighted by molar-refractivity contribution is -0.167. The number of hydrogen-bond donors (Lipinski definition) is 0. The molecular weight excluding hydrogens is 949 g/mol. The van der Waals surface area contributed by atoms with Crippen molar-refractivity contribution in [2.24, 2.45) is 0 Å². The number of esters is 3. The third-order valence-electron chi connectivity index (χ3n) is 16.0. The molecule has 0 aromatic rings. The highest BCUT2D eigenvalue weighted by Crippen LogP contribution is 2.19. The Morgan fingerprint density at radius 2 is 0.468 bits per heavy atom. The SMILES string of the molecule is CCCCCCC/C=C\C/C=C\CCCCCCCCCCCCCCCCCC(=O)OCC(COC(=O)CCCCCCCCCCCCCC)OC(=O)CCCCCCCCCCCCCCCCCCCCCC. The predicted molar refractivity (Wildman–Crippen MR) is 335 cm³/mol. The van der Waals surface area contributed by atoms with Crippen molar-refractivity contribution in [3.63, 3.8) is 0 Å². The molecule has 6 heteroatoms. The first kappa shape index (κ1) is 74.9. The molecular formula is C71H134O6. The molecule has 0 saturated carbocycles. The summed E-state index contributed by atoms with van der Waals surface area (Å²) in [6.07, 6.45) is 80.6. The van der Waals surface area contributed by atoms with Crippen molar-refractivity contribution in [2.75, 3.05) is 13.2 Å². The van der Waals surface area contributed by atoms with Gasteiger partial charge in [-0.2, -0.15) is 0 Å². The largest absolute Gasteiger partial charge is 0.462 e. The summed E-state index contributed by atoms with van der Waals surface area (Å²) in [6, 6.07) is 0. The molecule has 0 aliphatic rings. The van der Waals surface area contributed by atoms with Gasteiger partial charge in [-0.1, -0.05) is 347 Å². The van der Waals surface area contributed by atoms with Gasteiger partial charge in [0.2, 0.25) is 0 Å². The maximum Gasteiger partial charge on any atom is 0.306 e. The molecule has 0 aliphatic carbocycles. The van der Waals surface area contributed by atoms with Crippen molar-refractivity contribution in [3.8, 4) is 0 Å². The van der Waals surface area contributed by atoms with Crippen LogP contribution in [0, 0.1) is 0 Å². The summed E-state index contributed by atoms with van der Waals surface area (Å²) in [7, 11) is 0. The second-order valence-corrected chi connectivity index (χ2v) is 23.8. The summed E-state index contributed by atoms with van der Waals surface area (Å²) < 4.78 is 17.0. The number of carbonyl (C=O) groups is 3. The van der Waals surface area contributed by atoms with Gasteiger partial charge in [0.15, 0.2) is 6.10 Å². The highest BCUT2D eigenvalue weighted by molar-refractivity contribution is 5.71. The van der Waals surface area contributed by atoms with E-state index in [9.17, 15) is 14.4 Å². The molecule has 77 heavy (non-hydrogen) atoms. The van der Waals surface area contributed by atoms with E-state index in [4.69, 9.17) is 14.2 Å². The zero-order chi connectivity index (χ0) is 55.7. The smallest absolute Gasteiger partial charge is 0.306 e. The van der Waals surface area contributed by atoms with Gasteiger partial charge in [-0.05, 0) is 51.4 Å². The lowest BCUT2D eigenvalue weighted by atomic mass is 10.0. The average Bonchev–Trinajstić information content (AvgIpc) is 3.43. The van der Waals surface area contributed by atoms with Crippen LogP contribution in [0.15, 0.2) is 24.3 Å². The predicted octanol–water partition coefficient (Wildman–Crippen LogP) is 23.8. The van der Waals surface area contributed by atoms with Gasteiger partial charge in [-0.25, -0.2) is 0 Å². The molecule has 1 atom stereocenters. The molecule has 0 amide bonds. The Labute approximate surface area is 481 Å². The second kappa shape index (κ2) is 66.4. The molecule has 6 nitrogen and oxygen atoms in total. The zero-order valence-electron chi connectivity index (χ0n) is 52.3. The molecule has 454 valence electrons. The fraction of sp³-hybridized carbons (Fsp3) is 0.901. The number of allylic oxidation sites excluding steroid dienone is 4. The highest BCUT2D eigenvalue weighted by Gasteiger charge is 2.19. The van der Waals surface area contributed by atoms with Crippen LogP contribution in [0.5, 0.6) is 0 Å². The Kier molecular flexibility index (Phi) is 64.6.